The van der Waals surface area contributed by atoms with Crippen LogP contribution >= 0.6 is 0 Å². The molecule has 1 aliphatic heterocycles. The maximum atomic E-state index is 13.4. The molecule has 8 heteroatoms. The number of rotatable bonds is 5. The zero-order chi connectivity index (χ0) is 23.5. The molecule has 0 aliphatic carbocycles. The molecule has 1 N–H and O–H groups in total. The number of carbonyl (C=O) groups excluding carboxylic acids is 2. The highest BCUT2D eigenvalue weighted by Crippen LogP contribution is 2.22. The Morgan fingerprint density at radius 2 is 1.82 bits per heavy atom. The van der Waals surface area contributed by atoms with Crippen LogP contribution in [0.3, 0.4) is 0 Å². The molecule has 8 nitrogen and oxygen atoms in total. The molecule has 1 aromatic carbocycles. The smallest absolute Gasteiger partial charge is 0.274 e. The Hall–Kier alpha value is -3.55. The second kappa shape index (κ2) is 9.52. The number of benzene rings is 1. The van der Waals surface area contributed by atoms with Crippen LogP contribution in [0.1, 0.15) is 42.7 Å². The van der Waals surface area contributed by atoms with Gasteiger partial charge in [-0.15, -0.1) is 0 Å². The number of anilines is 1. The number of carbonyl (C=O) groups is 2. The number of hydrogen-bond acceptors (Lipinski definition) is 5. The van der Waals surface area contributed by atoms with E-state index in [0.717, 1.165) is 5.56 Å². The Kier molecular flexibility index (Phi) is 6.53. The van der Waals surface area contributed by atoms with Gasteiger partial charge in [0, 0.05) is 37.1 Å². The van der Waals surface area contributed by atoms with Crippen molar-refractivity contribution in [3.8, 4) is 0 Å². The first kappa shape index (κ1) is 22.6. The summed E-state index contributed by atoms with van der Waals surface area (Å²) in [6, 6.07) is 10.8. The monoisotopic (exact) mass is 447 g/mol. The molecule has 0 bridgehead atoms. The maximum Gasteiger partial charge on any atom is 0.274 e. The van der Waals surface area contributed by atoms with Crippen LogP contribution in [0.5, 0.6) is 0 Å². The number of amides is 2. The summed E-state index contributed by atoms with van der Waals surface area (Å²) in [5.74, 6) is 0.297. The number of aryl methyl sites for hydroxylation is 1. The topological polar surface area (TPSA) is 97.2 Å². The van der Waals surface area contributed by atoms with Gasteiger partial charge in [0.1, 0.15) is 5.82 Å². The Morgan fingerprint density at radius 1 is 1.12 bits per heavy atom. The van der Waals surface area contributed by atoms with Crippen molar-refractivity contribution in [2.24, 2.45) is 11.8 Å². The third-order valence-electron chi connectivity index (χ3n) is 5.93. The average Bonchev–Trinajstić information content (AvgIpc) is 2.80. The van der Waals surface area contributed by atoms with Crippen LogP contribution < -0.4 is 10.9 Å². The minimum atomic E-state index is -0.206. The molecular formula is C25H29N5O3. The molecule has 1 aliphatic rings. The summed E-state index contributed by atoms with van der Waals surface area (Å²) in [5, 5.41) is 8.40. The van der Waals surface area contributed by atoms with Gasteiger partial charge in [0.25, 0.3) is 11.5 Å². The van der Waals surface area contributed by atoms with Gasteiger partial charge in [-0.3, -0.25) is 14.4 Å². The number of pyridine rings is 1. The third-order valence-corrected chi connectivity index (χ3v) is 5.93. The van der Waals surface area contributed by atoms with E-state index in [1.54, 1.807) is 29.3 Å². The Bertz CT molecular complexity index is 1240. The predicted octanol–water partition coefficient (Wildman–Crippen LogP) is 3.25. The summed E-state index contributed by atoms with van der Waals surface area (Å²) in [6.07, 6.45) is 2.79. The molecule has 1 fully saturated rings. The van der Waals surface area contributed by atoms with E-state index in [9.17, 15) is 14.4 Å². The van der Waals surface area contributed by atoms with Gasteiger partial charge in [-0.05, 0) is 49.4 Å². The van der Waals surface area contributed by atoms with Crippen LogP contribution in [0.25, 0.3) is 10.8 Å². The predicted molar refractivity (Wildman–Crippen MR) is 127 cm³/mol. The standard InChI is InChI=1S/C25H29N5O3/c1-16(2)15-30-24(32)20-7-5-4-6-19(20)22(28-30)25(33)29-12-9-18(10-13-29)23(31)27-21-14-17(3)8-11-26-21/h4-8,11,14,16,18H,9-10,12-13,15H2,1-3H3,(H,26,27,31). The average molecular weight is 448 g/mol. The Balaban J connectivity index is 1.50. The van der Waals surface area contributed by atoms with Crippen molar-refractivity contribution in [3.05, 3.63) is 64.2 Å². The van der Waals surface area contributed by atoms with Crippen molar-refractivity contribution in [1.82, 2.24) is 19.7 Å². The molecule has 1 saturated heterocycles. The molecule has 0 spiro atoms. The zero-order valence-corrected chi connectivity index (χ0v) is 19.2. The first-order chi connectivity index (χ1) is 15.8. The fraction of sp³-hybridized carbons (Fsp3) is 0.400. The first-order valence-electron chi connectivity index (χ1n) is 11.4. The van der Waals surface area contributed by atoms with Crippen molar-refractivity contribution in [2.75, 3.05) is 18.4 Å². The molecule has 0 saturated carbocycles. The summed E-state index contributed by atoms with van der Waals surface area (Å²) in [5.41, 5.74) is 1.13. The highest BCUT2D eigenvalue weighted by Gasteiger charge is 2.30. The van der Waals surface area contributed by atoms with Gasteiger partial charge in [0.15, 0.2) is 5.69 Å². The lowest BCUT2D eigenvalue weighted by Crippen LogP contribution is -2.42. The maximum absolute atomic E-state index is 13.4. The van der Waals surface area contributed by atoms with E-state index in [4.69, 9.17) is 0 Å². The summed E-state index contributed by atoms with van der Waals surface area (Å²) >= 11 is 0. The van der Waals surface area contributed by atoms with Gasteiger partial charge >= 0.3 is 0 Å². The van der Waals surface area contributed by atoms with Crippen LogP contribution in [0.15, 0.2) is 47.4 Å². The molecule has 2 aromatic heterocycles. The van der Waals surface area contributed by atoms with E-state index in [2.05, 4.69) is 15.4 Å². The molecular weight excluding hydrogens is 418 g/mol. The normalized spacial score (nSPS) is 14.6. The molecule has 2 amide bonds. The number of piperidine rings is 1. The minimum absolute atomic E-state index is 0.0748. The molecule has 0 unspecified atom stereocenters. The largest absolute Gasteiger partial charge is 0.337 e. The van der Waals surface area contributed by atoms with Crippen molar-refractivity contribution in [1.29, 1.82) is 0 Å². The molecule has 0 atom stereocenters. The summed E-state index contributed by atoms with van der Waals surface area (Å²) in [7, 11) is 0. The van der Waals surface area contributed by atoms with Gasteiger partial charge in [0.2, 0.25) is 5.91 Å². The number of fused-ring (bicyclic) bond motifs is 1. The van der Waals surface area contributed by atoms with Crippen molar-refractivity contribution >= 4 is 28.4 Å². The SMILES string of the molecule is Cc1ccnc(NC(=O)C2CCN(C(=O)c3nn(CC(C)C)c(=O)c4ccccc34)CC2)c1. The Labute approximate surface area is 192 Å². The number of hydrogen-bond donors (Lipinski definition) is 1. The van der Waals surface area contributed by atoms with Gasteiger partial charge in [-0.2, -0.15) is 5.10 Å². The minimum Gasteiger partial charge on any atom is -0.337 e. The second-order valence-corrected chi connectivity index (χ2v) is 9.05. The number of nitrogens with one attached hydrogen (secondary N) is 1. The van der Waals surface area contributed by atoms with E-state index in [1.807, 2.05) is 39.0 Å². The number of likely N-dealkylation sites (tertiary alicyclic amines) is 1. The molecule has 172 valence electrons. The molecule has 3 heterocycles. The molecule has 4 rings (SSSR count). The van der Waals surface area contributed by atoms with E-state index >= 15 is 0 Å². The summed E-state index contributed by atoms with van der Waals surface area (Å²) in [4.78, 5) is 44.8. The van der Waals surface area contributed by atoms with E-state index in [1.165, 1.54) is 4.68 Å². The van der Waals surface area contributed by atoms with Crippen LogP contribution in [-0.2, 0) is 11.3 Å². The molecule has 0 radical (unpaired) electrons. The van der Waals surface area contributed by atoms with E-state index < -0.39 is 0 Å². The lowest BCUT2D eigenvalue weighted by molar-refractivity contribution is -0.121. The van der Waals surface area contributed by atoms with Crippen LogP contribution in [-0.4, -0.2) is 44.6 Å². The lowest BCUT2D eigenvalue weighted by Gasteiger charge is -2.31. The Morgan fingerprint density at radius 3 is 2.48 bits per heavy atom. The quantitative estimate of drug-likeness (QED) is 0.648. The fourth-order valence-electron chi connectivity index (χ4n) is 4.19. The highest BCUT2D eigenvalue weighted by atomic mass is 16.2. The van der Waals surface area contributed by atoms with Gasteiger partial charge in [-0.1, -0.05) is 32.0 Å². The van der Waals surface area contributed by atoms with E-state index in [-0.39, 0.29) is 34.9 Å². The third kappa shape index (κ3) is 4.94. The van der Waals surface area contributed by atoms with Gasteiger partial charge in [0.05, 0.1) is 5.39 Å². The second-order valence-electron chi connectivity index (χ2n) is 9.05. The highest BCUT2D eigenvalue weighted by molar-refractivity contribution is 6.05. The zero-order valence-electron chi connectivity index (χ0n) is 19.2. The number of aromatic nitrogens is 3. The summed E-state index contributed by atoms with van der Waals surface area (Å²) in [6.45, 7) is 7.32. The summed E-state index contributed by atoms with van der Waals surface area (Å²) < 4.78 is 1.40. The van der Waals surface area contributed by atoms with Gasteiger partial charge < -0.3 is 10.2 Å². The fourth-order valence-corrected chi connectivity index (χ4v) is 4.19. The molecule has 33 heavy (non-hydrogen) atoms. The van der Waals surface area contributed by atoms with Crippen LogP contribution in [0, 0.1) is 18.8 Å². The van der Waals surface area contributed by atoms with Crippen molar-refractivity contribution in [2.45, 2.75) is 40.2 Å². The molecule has 3 aromatic rings. The first-order valence-corrected chi connectivity index (χ1v) is 11.4. The van der Waals surface area contributed by atoms with Gasteiger partial charge in [-0.25, -0.2) is 9.67 Å². The lowest BCUT2D eigenvalue weighted by atomic mass is 9.95. The van der Waals surface area contributed by atoms with Crippen LogP contribution in [0.4, 0.5) is 5.82 Å². The number of nitrogens with zero attached hydrogens (tertiary/aromatic N) is 4. The van der Waals surface area contributed by atoms with Crippen LogP contribution in [0.2, 0.25) is 0 Å². The van der Waals surface area contributed by atoms with Crippen molar-refractivity contribution < 1.29 is 9.59 Å². The van der Waals surface area contributed by atoms with Crippen molar-refractivity contribution in [3.63, 3.8) is 0 Å². The van der Waals surface area contributed by atoms with E-state index in [0.29, 0.717) is 49.1 Å².